The number of ether oxygens (including phenoxy) is 1. The number of hydrogen-bond acceptors (Lipinski definition) is 5. The predicted molar refractivity (Wildman–Crippen MR) is 119 cm³/mol. The van der Waals surface area contributed by atoms with Crippen molar-refractivity contribution in [3.8, 4) is 5.75 Å². The minimum atomic E-state index is -0.0866. The average molecular weight is 423 g/mol. The number of nitrogens with zero attached hydrogens (tertiary/aromatic N) is 1. The molecule has 2 fully saturated rings. The fourth-order valence-corrected chi connectivity index (χ4v) is 4.54. The van der Waals surface area contributed by atoms with Gasteiger partial charge in [-0.3, -0.25) is 20.4 Å². The van der Waals surface area contributed by atoms with Crippen molar-refractivity contribution in [2.75, 3.05) is 33.3 Å². The van der Waals surface area contributed by atoms with E-state index in [2.05, 4.69) is 16.2 Å². The Morgan fingerprint density at radius 1 is 1.13 bits per heavy atom. The maximum Gasteiger partial charge on any atom is 0.254 e. The normalized spacial score (nSPS) is 18.9. The van der Waals surface area contributed by atoms with Gasteiger partial charge in [0.05, 0.1) is 13.2 Å². The van der Waals surface area contributed by atoms with Gasteiger partial charge >= 0.3 is 0 Å². The van der Waals surface area contributed by atoms with Crippen molar-refractivity contribution in [1.82, 2.24) is 21.1 Å². The van der Waals surface area contributed by atoms with E-state index in [-0.39, 0.29) is 17.9 Å². The molecular weight excluding hydrogens is 392 g/mol. The lowest BCUT2D eigenvalue weighted by atomic mass is 9.97. The summed E-state index contributed by atoms with van der Waals surface area (Å²) in [5.74, 6) is 0.973. The zero-order valence-electron chi connectivity index (χ0n) is 18.1. The molecule has 0 saturated carbocycles. The van der Waals surface area contributed by atoms with Crippen molar-refractivity contribution < 1.29 is 14.3 Å². The summed E-state index contributed by atoms with van der Waals surface area (Å²) in [5, 5.41) is 2.84. The number of benzene rings is 2. The highest BCUT2D eigenvalue weighted by atomic mass is 16.5. The van der Waals surface area contributed by atoms with Crippen LogP contribution in [0.25, 0.3) is 0 Å². The summed E-state index contributed by atoms with van der Waals surface area (Å²) in [4.78, 5) is 27.6. The lowest BCUT2D eigenvalue weighted by Crippen LogP contribution is -2.31. The van der Waals surface area contributed by atoms with Gasteiger partial charge in [0.15, 0.2) is 0 Å². The second-order valence-corrected chi connectivity index (χ2v) is 8.06. The van der Waals surface area contributed by atoms with E-state index in [1.54, 1.807) is 7.11 Å². The highest BCUT2D eigenvalue weighted by Gasteiger charge is 2.31. The molecule has 2 amide bonds. The molecule has 0 bridgehead atoms. The number of amides is 2. The van der Waals surface area contributed by atoms with Crippen LogP contribution in [-0.2, 0) is 0 Å². The molecule has 2 heterocycles. The number of likely N-dealkylation sites (tertiary alicyclic amines) is 1. The summed E-state index contributed by atoms with van der Waals surface area (Å²) in [6.45, 7) is 4.86. The third-order valence-corrected chi connectivity index (χ3v) is 6.13. The molecule has 2 aromatic carbocycles. The van der Waals surface area contributed by atoms with Gasteiger partial charge in [0.2, 0.25) is 0 Å². The van der Waals surface area contributed by atoms with Crippen LogP contribution in [0.1, 0.15) is 63.6 Å². The van der Waals surface area contributed by atoms with Gasteiger partial charge in [0.1, 0.15) is 5.75 Å². The molecule has 0 unspecified atom stereocenters. The molecule has 7 nitrogen and oxygen atoms in total. The Bertz CT molecular complexity index is 956. The molecule has 7 heteroatoms. The number of carbonyl (C=O) groups is 2. The Balaban J connectivity index is 1.57. The van der Waals surface area contributed by atoms with E-state index in [9.17, 15) is 9.59 Å². The summed E-state index contributed by atoms with van der Waals surface area (Å²) in [7, 11) is 1.65. The summed E-state index contributed by atoms with van der Waals surface area (Å²) in [6.07, 6.45) is 1.83. The van der Waals surface area contributed by atoms with Crippen molar-refractivity contribution in [2.24, 2.45) is 0 Å². The highest BCUT2D eigenvalue weighted by molar-refractivity contribution is 5.96. The van der Waals surface area contributed by atoms with Crippen LogP contribution in [0.3, 0.4) is 0 Å². The van der Waals surface area contributed by atoms with Gasteiger partial charge in [-0.2, -0.15) is 0 Å². The van der Waals surface area contributed by atoms with Crippen molar-refractivity contribution in [3.05, 3.63) is 64.7 Å². The third-order valence-electron chi connectivity index (χ3n) is 6.13. The molecule has 0 aromatic heterocycles. The van der Waals surface area contributed by atoms with E-state index in [1.807, 2.05) is 54.3 Å². The standard InChI is InChI=1S/C24H30N4O3/c1-3-25-23(29)17-7-4-6-16(12-17)21-8-5-11-28(21)24(30)18-9-10-20(22(13-18)31-2)19-14-26-27-15-19/h4,6-7,9-10,12-13,19,21,26-27H,3,5,8,11,14-15H2,1-2H3,(H,25,29)/t21-/m1/s1. The minimum Gasteiger partial charge on any atom is -0.496 e. The highest BCUT2D eigenvalue weighted by Crippen LogP contribution is 2.35. The predicted octanol–water partition coefficient (Wildman–Crippen LogP) is 2.61. The topological polar surface area (TPSA) is 82.7 Å². The molecule has 2 aliphatic rings. The van der Waals surface area contributed by atoms with Crippen LogP contribution >= 0.6 is 0 Å². The fourth-order valence-electron chi connectivity index (χ4n) is 4.54. The molecule has 4 rings (SSSR count). The van der Waals surface area contributed by atoms with Gasteiger partial charge in [0, 0.05) is 43.2 Å². The van der Waals surface area contributed by atoms with Crippen LogP contribution in [0.15, 0.2) is 42.5 Å². The summed E-state index contributed by atoms with van der Waals surface area (Å²) in [5.41, 5.74) is 9.64. The van der Waals surface area contributed by atoms with Crippen LogP contribution in [0.4, 0.5) is 0 Å². The number of rotatable bonds is 6. The molecule has 2 saturated heterocycles. The van der Waals surface area contributed by atoms with Crippen LogP contribution < -0.4 is 20.9 Å². The van der Waals surface area contributed by atoms with Crippen LogP contribution in [-0.4, -0.2) is 50.0 Å². The molecular formula is C24H30N4O3. The van der Waals surface area contributed by atoms with E-state index in [1.165, 1.54) is 0 Å². The molecule has 31 heavy (non-hydrogen) atoms. The lowest BCUT2D eigenvalue weighted by molar-refractivity contribution is 0.0735. The second kappa shape index (κ2) is 9.49. The van der Waals surface area contributed by atoms with Gasteiger partial charge in [0.25, 0.3) is 11.8 Å². The van der Waals surface area contributed by atoms with Gasteiger partial charge < -0.3 is 15.0 Å². The first-order valence-corrected chi connectivity index (χ1v) is 10.9. The Morgan fingerprint density at radius 3 is 2.68 bits per heavy atom. The van der Waals surface area contributed by atoms with Crippen molar-refractivity contribution in [2.45, 2.75) is 31.7 Å². The number of carbonyl (C=O) groups excluding carboxylic acids is 2. The number of hydrazine groups is 1. The zero-order chi connectivity index (χ0) is 21.8. The Kier molecular flexibility index (Phi) is 6.53. The van der Waals surface area contributed by atoms with E-state index in [4.69, 9.17) is 4.74 Å². The third kappa shape index (κ3) is 4.43. The summed E-state index contributed by atoms with van der Waals surface area (Å²) < 4.78 is 5.62. The Hall–Kier alpha value is -2.90. The Morgan fingerprint density at radius 2 is 1.94 bits per heavy atom. The van der Waals surface area contributed by atoms with E-state index < -0.39 is 0 Å². The maximum absolute atomic E-state index is 13.4. The monoisotopic (exact) mass is 422 g/mol. The smallest absolute Gasteiger partial charge is 0.254 e. The molecule has 3 N–H and O–H groups in total. The number of nitrogens with one attached hydrogen (secondary N) is 3. The van der Waals surface area contributed by atoms with Crippen LogP contribution in [0.5, 0.6) is 5.75 Å². The maximum atomic E-state index is 13.4. The first kappa shape index (κ1) is 21.3. The van der Waals surface area contributed by atoms with Crippen molar-refractivity contribution >= 4 is 11.8 Å². The van der Waals surface area contributed by atoms with Crippen LogP contribution in [0.2, 0.25) is 0 Å². The van der Waals surface area contributed by atoms with Gasteiger partial charge in [-0.15, -0.1) is 0 Å². The molecule has 0 spiro atoms. The van der Waals surface area contributed by atoms with Gasteiger partial charge in [-0.25, -0.2) is 0 Å². The molecule has 2 aliphatic heterocycles. The van der Waals surface area contributed by atoms with Gasteiger partial charge in [-0.1, -0.05) is 18.2 Å². The molecule has 0 radical (unpaired) electrons. The van der Waals surface area contributed by atoms with E-state index in [0.29, 0.717) is 30.1 Å². The molecule has 0 aliphatic carbocycles. The molecule has 1 atom stereocenters. The lowest BCUT2D eigenvalue weighted by Gasteiger charge is -2.26. The van der Waals surface area contributed by atoms with Crippen molar-refractivity contribution in [1.29, 1.82) is 0 Å². The van der Waals surface area contributed by atoms with E-state index >= 15 is 0 Å². The fraction of sp³-hybridized carbons (Fsp3) is 0.417. The second-order valence-electron chi connectivity index (χ2n) is 8.06. The SMILES string of the molecule is CCNC(=O)c1cccc([C@H]2CCCN2C(=O)c2ccc(C3CNNC3)c(OC)c2)c1. The van der Waals surface area contributed by atoms with Crippen molar-refractivity contribution in [3.63, 3.8) is 0 Å². The molecule has 2 aromatic rings. The number of methoxy groups -OCH3 is 1. The van der Waals surface area contributed by atoms with Crippen LogP contribution in [0, 0.1) is 0 Å². The average Bonchev–Trinajstić information content (AvgIpc) is 3.51. The minimum absolute atomic E-state index is 0.00145. The van der Waals surface area contributed by atoms with E-state index in [0.717, 1.165) is 42.8 Å². The largest absolute Gasteiger partial charge is 0.496 e. The Labute approximate surface area is 183 Å². The first-order chi connectivity index (χ1) is 15.1. The zero-order valence-corrected chi connectivity index (χ0v) is 18.1. The van der Waals surface area contributed by atoms with Gasteiger partial charge in [-0.05, 0) is 55.2 Å². The summed E-state index contributed by atoms with van der Waals surface area (Å²) in [6, 6.07) is 13.3. The quantitative estimate of drug-likeness (QED) is 0.667. The number of hydrogen-bond donors (Lipinski definition) is 3. The first-order valence-electron chi connectivity index (χ1n) is 10.9. The molecule has 164 valence electrons. The summed E-state index contributed by atoms with van der Waals surface area (Å²) >= 11 is 0.